The lowest BCUT2D eigenvalue weighted by Crippen LogP contribution is -1.97. The van der Waals surface area contributed by atoms with Crippen molar-refractivity contribution >= 4 is 5.97 Å². The summed E-state index contributed by atoms with van der Waals surface area (Å²) in [6.45, 7) is 1.96. The van der Waals surface area contributed by atoms with Crippen molar-refractivity contribution in [2.24, 2.45) is 7.05 Å². The molecule has 4 nitrogen and oxygen atoms in total. The van der Waals surface area contributed by atoms with Crippen LogP contribution in [0, 0.1) is 6.92 Å². The minimum atomic E-state index is -0.763. The molecule has 0 saturated carbocycles. The Morgan fingerprint density at radius 3 is 2.50 bits per heavy atom. The number of aromatic nitrogens is 2. The number of aryl methyl sites for hydroxylation is 3. The second-order valence-electron chi connectivity index (χ2n) is 4.39. The van der Waals surface area contributed by atoms with Crippen LogP contribution in [-0.4, -0.2) is 20.9 Å². The summed E-state index contributed by atoms with van der Waals surface area (Å²) in [7, 11) is 1.92. The Kier molecular flexibility index (Phi) is 3.46. The maximum absolute atomic E-state index is 10.5. The normalized spacial score (nSPS) is 10.6. The summed E-state index contributed by atoms with van der Waals surface area (Å²) >= 11 is 0. The molecule has 0 saturated heterocycles. The molecule has 1 N–H and O–H groups in total. The van der Waals surface area contributed by atoms with Crippen molar-refractivity contribution < 1.29 is 9.90 Å². The summed E-state index contributed by atoms with van der Waals surface area (Å²) in [5.74, 6) is -0.763. The number of hydrogen-bond acceptors (Lipinski definition) is 2. The molecule has 94 valence electrons. The second kappa shape index (κ2) is 5.04. The third-order valence-corrected chi connectivity index (χ3v) is 2.88. The van der Waals surface area contributed by atoms with E-state index in [9.17, 15) is 4.79 Å². The zero-order valence-corrected chi connectivity index (χ0v) is 10.6. The summed E-state index contributed by atoms with van der Waals surface area (Å²) < 4.78 is 1.85. The van der Waals surface area contributed by atoms with Gasteiger partial charge in [-0.1, -0.05) is 24.3 Å². The highest BCUT2D eigenvalue weighted by atomic mass is 16.4. The van der Waals surface area contributed by atoms with E-state index in [0.717, 1.165) is 22.5 Å². The highest BCUT2D eigenvalue weighted by molar-refractivity contribution is 5.67. The van der Waals surface area contributed by atoms with E-state index in [2.05, 4.69) is 5.10 Å². The van der Waals surface area contributed by atoms with Crippen LogP contribution in [-0.2, 0) is 18.3 Å². The zero-order valence-electron chi connectivity index (χ0n) is 10.6. The molecule has 1 heterocycles. The SMILES string of the molecule is Cc1cc(-c2ccc(CCC(=O)O)cc2)n(C)n1. The fourth-order valence-corrected chi connectivity index (χ4v) is 1.97. The van der Waals surface area contributed by atoms with Crippen LogP contribution >= 0.6 is 0 Å². The molecule has 0 radical (unpaired) electrons. The van der Waals surface area contributed by atoms with E-state index in [0.29, 0.717) is 6.42 Å². The predicted octanol–water partition coefficient (Wildman–Crippen LogP) is 2.41. The van der Waals surface area contributed by atoms with Gasteiger partial charge in [-0.25, -0.2) is 0 Å². The minimum absolute atomic E-state index is 0.171. The molecule has 4 heteroatoms. The van der Waals surface area contributed by atoms with Gasteiger partial charge in [0.15, 0.2) is 0 Å². The van der Waals surface area contributed by atoms with Gasteiger partial charge in [0.2, 0.25) is 0 Å². The Bertz CT molecular complexity index is 556. The third kappa shape index (κ3) is 2.77. The topological polar surface area (TPSA) is 55.1 Å². The number of nitrogens with zero attached hydrogens (tertiary/aromatic N) is 2. The van der Waals surface area contributed by atoms with Crippen molar-refractivity contribution in [1.82, 2.24) is 9.78 Å². The molecule has 0 bridgehead atoms. The molecule has 18 heavy (non-hydrogen) atoms. The summed E-state index contributed by atoms with van der Waals surface area (Å²) in [5.41, 5.74) is 4.19. The average molecular weight is 244 g/mol. The van der Waals surface area contributed by atoms with Gasteiger partial charge in [-0.05, 0) is 30.5 Å². The molecule has 2 aromatic rings. The van der Waals surface area contributed by atoms with E-state index in [4.69, 9.17) is 5.11 Å². The number of hydrogen-bond donors (Lipinski definition) is 1. The van der Waals surface area contributed by atoms with Crippen molar-refractivity contribution in [2.45, 2.75) is 19.8 Å². The van der Waals surface area contributed by atoms with Gasteiger partial charge < -0.3 is 5.11 Å². The van der Waals surface area contributed by atoms with Crippen LogP contribution in [0.1, 0.15) is 17.7 Å². The third-order valence-electron chi connectivity index (χ3n) is 2.88. The Morgan fingerprint density at radius 1 is 1.33 bits per heavy atom. The van der Waals surface area contributed by atoms with Crippen molar-refractivity contribution in [1.29, 1.82) is 0 Å². The fraction of sp³-hybridized carbons (Fsp3) is 0.286. The number of carbonyl (C=O) groups is 1. The molecule has 0 spiro atoms. The molecule has 0 amide bonds. The van der Waals surface area contributed by atoms with E-state index < -0.39 is 5.97 Å². The first kappa shape index (κ1) is 12.4. The van der Waals surface area contributed by atoms with Crippen molar-refractivity contribution in [3.63, 3.8) is 0 Å². The number of benzene rings is 1. The van der Waals surface area contributed by atoms with Crippen LogP contribution in [0.4, 0.5) is 0 Å². The Balaban J connectivity index is 2.17. The van der Waals surface area contributed by atoms with Gasteiger partial charge in [0.1, 0.15) is 0 Å². The molecule has 0 unspecified atom stereocenters. The average Bonchev–Trinajstić information content (AvgIpc) is 2.66. The van der Waals surface area contributed by atoms with Gasteiger partial charge >= 0.3 is 5.97 Å². The zero-order chi connectivity index (χ0) is 13.1. The molecule has 0 aliphatic rings. The minimum Gasteiger partial charge on any atom is -0.481 e. The smallest absolute Gasteiger partial charge is 0.303 e. The van der Waals surface area contributed by atoms with E-state index in [1.54, 1.807) is 0 Å². The molecule has 0 aliphatic carbocycles. The van der Waals surface area contributed by atoms with E-state index in [1.165, 1.54) is 0 Å². The molecule has 1 aromatic carbocycles. The lowest BCUT2D eigenvalue weighted by atomic mass is 10.1. The lowest BCUT2D eigenvalue weighted by Gasteiger charge is -2.03. The van der Waals surface area contributed by atoms with Crippen LogP contribution in [0.5, 0.6) is 0 Å². The van der Waals surface area contributed by atoms with Crippen LogP contribution in [0.2, 0.25) is 0 Å². The van der Waals surface area contributed by atoms with Crippen molar-refractivity contribution in [3.05, 3.63) is 41.6 Å². The number of carboxylic acids is 1. The highest BCUT2D eigenvalue weighted by Crippen LogP contribution is 2.20. The molecule has 2 rings (SSSR count). The molecule has 0 atom stereocenters. The fourth-order valence-electron chi connectivity index (χ4n) is 1.97. The highest BCUT2D eigenvalue weighted by Gasteiger charge is 2.05. The van der Waals surface area contributed by atoms with Crippen molar-refractivity contribution in [2.75, 3.05) is 0 Å². The van der Waals surface area contributed by atoms with Gasteiger partial charge in [0, 0.05) is 13.5 Å². The summed E-state index contributed by atoms with van der Waals surface area (Å²) in [4.78, 5) is 10.5. The van der Waals surface area contributed by atoms with Gasteiger partial charge in [-0.3, -0.25) is 9.48 Å². The van der Waals surface area contributed by atoms with E-state index in [-0.39, 0.29) is 6.42 Å². The summed E-state index contributed by atoms with van der Waals surface area (Å²) in [6, 6.07) is 9.99. The standard InChI is InChI=1S/C14H16N2O2/c1-10-9-13(16(2)15-10)12-6-3-11(4-7-12)5-8-14(17)18/h3-4,6-7,9H,5,8H2,1-2H3,(H,17,18). The number of rotatable bonds is 4. The molecular formula is C14H16N2O2. The first-order valence-corrected chi connectivity index (χ1v) is 5.88. The monoisotopic (exact) mass is 244 g/mol. The number of aliphatic carboxylic acids is 1. The molecule has 0 fully saturated rings. The van der Waals surface area contributed by atoms with E-state index >= 15 is 0 Å². The van der Waals surface area contributed by atoms with Crippen LogP contribution in [0.3, 0.4) is 0 Å². The lowest BCUT2D eigenvalue weighted by molar-refractivity contribution is -0.136. The van der Waals surface area contributed by atoms with Crippen LogP contribution in [0.25, 0.3) is 11.3 Å². The molecule has 0 aliphatic heterocycles. The maximum atomic E-state index is 10.5. The van der Waals surface area contributed by atoms with E-state index in [1.807, 2.05) is 49.0 Å². The second-order valence-corrected chi connectivity index (χ2v) is 4.39. The predicted molar refractivity (Wildman–Crippen MR) is 69.3 cm³/mol. The van der Waals surface area contributed by atoms with Gasteiger partial charge in [0.25, 0.3) is 0 Å². The Morgan fingerprint density at radius 2 is 2.00 bits per heavy atom. The molecular weight excluding hydrogens is 228 g/mol. The largest absolute Gasteiger partial charge is 0.481 e. The molecule has 1 aromatic heterocycles. The van der Waals surface area contributed by atoms with Crippen molar-refractivity contribution in [3.8, 4) is 11.3 Å². The van der Waals surface area contributed by atoms with Crippen LogP contribution < -0.4 is 0 Å². The quantitative estimate of drug-likeness (QED) is 0.898. The summed E-state index contributed by atoms with van der Waals surface area (Å²) in [6.07, 6.45) is 0.740. The first-order chi connectivity index (χ1) is 8.56. The first-order valence-electron chi connectivity index (χ1n) is 5.88. The Hall–Kier alpha value is -2.10. The maximum Gasteiger partial charge on any atom is 0.303 e. The summed E-state index contributed by atoms with van der Waals surface area (Å²) in [5, 5.41) is 12.9. The Labute approximate surface area is 106 Å². The van der Waals surface area contributed by atoms with Gasteiger partial charge in [0.05, 0.1) is 11.4 Å². The van der Waals surface area contributed by atoms with Gasteiger partial charge in [-0.2, -0.15) is 5.10 Å². The van der Waals surface area contributed by atoms with Gasteiger partial charge in [-0.15, -0.1) is 0 Å². The van der Waals surface area contributed by atoms with Crippen LogP contribution in [0.15, 0.2) is 30.3 Å². The number of carboxylic acid groups (broad SMARTS) is 1.